The van der Waals surface area contributed by atoms with Gasteiger partial charge in [0.2, 0.25) is 5.76 Å². The van der Waals surface area contributed by atoms with E-state index in [4.69, 9.17) is 14.6 Å². The van der Waals surface area contributed by atoms with Crippen molar-refractivity contribution in [2.45, 2.75) is 0 Å². The van der Waals surface area contributed by atoms with Crippen LogP contribution in [0.15, 0.2) is 43.8 Å². The van der Waals surface area contributed by atoms with Crippen molar-refractivity contribution in [3.05, 3.63) is 52.3 Å². The van der Waals surface area contributed by atoms with E-state index in [9.17, 15) is 14.0 Å². The maximum atomic E-state index is 13.4. The SMILES string of the molecule is NC(=O)c1oc2ccc(F)cc2c1NC(=O)c1ccc(Br)o1. The fraction of sp³-hybridized carbons (Fsp3) is 0. The van der Waals surface area contributed by atoms with E-state index < -0.39 is 17.6 Å². The smallest absolute Gasteiger partial charge is 0.291 e. The first-order chi connectivity index (χ1) is 10.5. The molecule has 0 aliphatic carbocycles. The molecule has 0 saturated heterocycles. The number of carbonyl (C=O) groups excluding carboxylic acids is 2. The van der Waals surface area contributed by atoms with Gasteiger partial charge in [0.25, 0.3) is 11.8 Å². The number of halogens is 2. The number of furan rings is 2. The molecule has 0 aliphatic rings. The number of rotatable bonds is 3. The third-order valence-electron chi connectivity index (χ3n) is 2.91. The van der Waals surface area contributed by atoms with E-state index in [0.29, 0.717) is 4.67 Å². The summed E-state index contributed by atoms with van der Waals surface area (Å²) >= 11 is 3.08. The Bertz CT molecular complexity index is 900. The average molecular weight is 367 g/mol. The minimum Gasteiger partial charge on any atom is -0.449 e. The molecular formula is C14H8BrFN2O4. The Balaban J connectivity index is 2.08. The van der Waals surface area contributed by atoms with E-state index in [1.54, 1.807) is 0 Å². The number of amides is 2. The molecule has 0 unspecified atom stereocenters. The van der Waals surface area contributed by atoms with Gasteiger partial charge >= 0.3 is 0 Å². The first-order valence-electron chi connectivity index (χ1n) is 6.04. The third-order valence-corrected chi connectivity index (χ3v) is 3.34. The van der Waals surface area contributed by atoms with E-state index in [0.717, 1.165) is 6.07 Å². The normalized spacial score (nSPS) is 10.8. The van der Waals surface area contributed by atoms with Crippen molar-refractivity contribution < 1.29 is 22.8 Å². The van der Waals surface area contributed by atoms with Gasteiger partial charge in [-0.15, -0.1) is 0 Å². The second-order valence-corrected chi connectivity index (χ2v) is 5.15. The molecule has 6 nitrogen and oxygen atoms in total. The lowest BCUT2D eigenvalue weighted by Gasteiger charge is -2.02. The molecule has 2 aromatic heterocycles. The Labute approximate surface area is 131 Å². The van der Waals surface area contributed by atoms with E-state index in [2.05, 4.69) is 21.2 Å². The van der Waals surface area contributed by atoms with Gasteiger partial charge in [-0.25, -0.2) is 4.39 Å². The maximum Gasteiger partial charge on any atom is 0.291 e. The van der Waals surface area contributed by atoms with Crippen LogP contribution in [-0.4, -0.2) is 11.8 Å². The summed E-state index contributed by atoms with van der Waals surface area (Å²) in [7, 11) is 0. The summed E-state index contributed by atoms with van der Waals surface area (Å²) in [6.45, 7) is 0. The minimum atomic E-state index is -0.882. The third kappa shape index (κ3) is 2.48. The van der Waals surface area contributed by atoms with Gasteiger partial charge in [-0.05, 0) is 46.3 Å². The Morgan fingerprint density at radius 3 is 2.59 bits per heavy atom. The molecule has 0 radical (unpaired) electrons. The van der Waals surface area contributed by atoms with Crippen molar-refractivity contribution in [2.75, 3.05) is 5.32 Å². The number of hydrogen-bond donors (Lipinski definition) is 2. The van der Waals surface area contributed by atoms with Crippen molar-refractivity contribution in [1.29, 1.82) is 0 Å². The molecule has 22 heavy (non-hydrogen) atoms. The van der Waals surface area contributed by atoms with Crippen LogP contribution in [0.1, 0.15) is 21.1 Å². The lowest BCUT2D eigenvalue weighted by molar-refractivity contribution is 0.0977. The number of primary amides is 1. The molecule has 0 saturated carbocycles. The highest BCUT2D eigenvalue weighted by molar-refractivity contribution is 9.10. The highest BCUT2D eigenvalue weighted by Crippen LogP contribution is 2.32. The molecule has 0 bridgehead atoms. The number of hydrogen-bond acceptors (Lipinski definition) is 4. The van der Waals surface area contributed by atoms with Crippen molar-refractivity contribution in [2.24, 2.45) is 5.73 Å². The lowest BCUT2D eigenvalue weighted by Crippen LogP contribution is -2.16. The van der Waals surface area contributed by atoms with E-state index in [-0.39, 0.29) is 28.2 Å². The Morgan fingerprint density at radius 2 is 1.95 bits per heavy atom. The van der Waals surface area contributed by atoms with Gasteiger partial charge in [0, 0.05) is 5.39 Å². The van der Waals surface area contributed by atoms with Gasteiger partial charge in [0.1, 0.15) is 17.1 Å². The predicted octanol–water partition coefficient (Wildman–Crippen LogP) is 3.28. The quantitative estimate of drug-likeness (QED) is 0.742. The van der Waals surface area contributed by atoms with Crippen LogP contribution in [-0.2, 0) is 0 Å². The van der Waals surface area contributed by atoms with E-state index >= 15 is 0 Å². The van der Waals surface area contributed by atoms with Crippen LogP contribution < -0.4 is 11.1 Å². The van der Waals surface area contributed by atoms with Crippen LogP contribution in [0.2, 0.25) is 0 Å². The van der Waals surface area contributed by atoms with Crippen molar-refractivity contribution >= 4 is 44.4 Å². The first kappa shape index (κ1) is 14.3. The average Bonchev–Trinajstić information content (AvgIpc) is 3.03. The molecule has 1 aromatic carbocycles. The molecule has 2 amide bonds. The molecule has 0 atom stereocenters. The zero-order chi connectivity index (χ0) is 15.9. The minimum absolute atomic E-state index is 0.000442. The van der Waals surface area contributed by atoms with Crippen molar-refractivity contribution in [1.82, 2.24) is 0 Å². The lowest BCUT2D eigenvalue weighted by atomic mass is 10.2. The van der Waals surface area contributed by atoms with Crippen molar-refractivity contribution in [3.63, 3.8) is 0 Å². The van der Waals surface area contributed by atoms with Crippen LogP contribution in [0.5, 0.6) is 0 Å². The number of fused-ring (bicyclic) bond motifs is 1. The number of nitrogens with two attached hydrogens (primary N) is 1. The standard InChI is InChI=1S/C14H8BrFN2O4/c15-10-4-3-9(21-10)14(20)18-11-7-5-6(16)1-2-8(7)22-12(11)13(17)19/h1-5H,(H2,17,19)(H,18,20). The van der Waals surface area contributed by atoms with Gasteiger partial charge in [-0.1, -0.05) is 0 Å². The topological polar surface area (TPSA) is 98.5 Å². The van der Waals surface area contributed by atoms with Gasteiger partial charge in [0.15, 0.2) is 10.4 Å². The van der Waals surface area contributed by atoms with E-state index in [1.165, 1.54) is 24.3 Å². The fourth-order valence-electron chi connectivity index (χ4n) is 1.98. The van der Waals surface area contributed by atoms with Gasteiger partial charge in [-0.2, -0.15) is 0 Å². The molecule has 3 N–H and O–H groups in total. The molecule has 112 valence electrons. The van der Waals surface area contributed by atoms with Crippen LogP contribution in [0.4, 0.5) is 10.1 Å². The number of carbonyl (C=O) groups is 2. The van der Waals surface area contributed by atoms with Crippen LogP contribution in [0.25, 0.3) is 11.0 Å². The number of anilines is 1. The van der Waals surface area contributed by atoms with E-state index in [1.807, 2.05) is 0 Å². The summed E-state index contributed by atoms with van der Waals surface area (Å²) in [4.78, 5) is 23.6. The Kier molecular flexibility index (Phi) is 3.45. The molecule has 0 spiro atoms. The summed E-state index contributed by atoms with van der Waals surface area (Å²) in [5.74, 6) is -2.30. The van der Waals surface area contributed by atoms with Crippen LogP contribution in [0.3, 0.4) is 0 Å². The van der Waals surface area contributed by atoms with Gasteiger partial charge in [0.05, 0.1) is 0 Å². The number of benzene rings is 1. The number of nitrogens with one attached hydrogen (secondary N) is 1. The first-order valence-corrected chi connectivity index (χ1v) is 6.83. The zero-order valence-corrected chi connectivity index (χ0v) is 12.4. The summed E-state index contributed by atoms with van der Waals surface area (Å²) in [6, 6.07) is 6.63. The molecule has 3 aromatic rings. The highest BCUT2D eigenvalue weighted by Gasteiger charge is 2.22. The zero-order valence-electron chi connectivity index (χ0n) is 10.9. The van der Waals surface area contributed by atoms with Gasteiger partial charge in [-0.3, -0.25) is 9.59 Å². The summed E-state index contributed by atoms with van der Waals surface area (Å²) < 4.78 is 24.1. The van der Waals surface area contributed by atoms with Crippen LogP contribution >= 0.6 is 15.9 Å². The van der Waals surface area contributed by atoms with Gasteiger partial charge < -0.3 is 19.9 Å². The summed E-state index contributed by atoms with van der Waals surface area (Å²) in [5, 5.41) is 2.69. The largest absolute Gasteiger partial charge is 0.449 e. The molecule has 8 heteroatoms. The maximum absolute atomic E-state index is 13.4. The molecule has 0 aliphatic heterocycles. The van der Waals surface area contributed by atoms with Crippen LogP contribution in [0, 0.1) is 5.82 Å². The molecule has 0 fully saturated rings. The second kappa shape index (κ2) is 5.30. The molecule has 2 heterocycles. The molecule has 3 rings (SSSR count). The fourth-order valence-corrected chi connectivity index (χ4v) is 2.29. The Hall–Kier alpha value is -2.61. The second-order valence-electron chi connectivity index (χ2n) is 4.37. The summed E-state index contributed by atoms with van der Waals surface area (Å²) in [5.41, 5.74) is 5.45. The highest BCUT2D eigenvalue weighted by atomic mass is 79.9. The summed E-state index contributed by atoms with van der Waals surface area (Å²) in [6.07, 6.45) is 0. The Morgan fingerprint density at radius 1 is 1.18 bits per heavy atom. The van der Waals surface area contributed by atoms with Crippen molar-refractivity contribution in [3.8, 4) is 0 Å². The monoisotopic (exact) mass is 366 g/mol. The predicted molar refractivity (Wildman–Crippen MR) is 79.1 cm³/mol. The molecular weight excluding hydrogens is 359 g/mol.